The lowest BCUT2D eigenvalue weighted by atomic mass is 10.2. The summed E-state index contributed by atoms with van der Waals surface area (Å²) in [6, 6.07) is 6.93. The Balaban J connectivity index is 2.09. The number of hydrogen-bond donors (Lipinski definition) is 0. The quantitative estimate of drug-likeness (QED) is 0.500. The normalized spacial score (nSPS) is 10.4. The SMILES string of the molecule is [O-][n+]1c(-c2cccnc2)noc1-c1cccnc1. The first-order valence-electron chi connectivity index (χ1n) is 5.26. The van der Waals surface area contributed by atoms with Crippen LogP contribution in [0.2, 0.25) is 0 Å². The largest absolute Gasteiger partial charge is 0.708 e. The fourth-order valence-corrected chi connectivity index (χ4v) is 1.58. The predicted molar refractivity (Wildman–Crippen MR) is 61.9 cm³/mol. The highest BCUT2D eigenvalue weighted by Gasteiger charge is 2.22. The minimum absolute atomic E-state index is 0.113. The molecule has 3 rings (SSSR count). The van der Waals surface area contributed by atoms with Gasteiger partial charge in [-0.15, -0.1) is 0 Å². The summed E-state index contributed by atoms with van der Waals surface area (Å²) in [4.78, 5) is 7.87. The minimum atomic E-state index is 0.113. The van der Waals surface area contributed by atoms with Gasteiger partial charge in [-0.25, -0.2) is 4.52 Å². The van der Waals surface area contributed by atoms with Crippen LogP contribution in [0.1, 0.15) is 0 Å². The van der Waals surface area contributed by atoms with Crippen LogP contribution in [-0.4, -0.2) is 15.1 Å². The van der Waals surface area contributed by atoms with Gasteiger partial charge in [0.15, 0.2) is 5.16 Å². The van der Waals surface area contributed by atoms with Gasteiger partial charge < -0.3 is 5.21 Å². The van der Waals surface area contributed by atoms with Gasteiger partial charge in [-0.1, -0.05) is 0 Å². The third-order valence-electron chi connectivity index (χ3n) is 2.42. The molecule has 3 aromatic heterocycles. The summed E-state index contributed by atoms with van der Waals surface area (Å²) in [5.74, 6) is 0.295. The maximum Gasteiger partial charge on any atom is 0.385 e. The van der Waals surface area contributed by atoms with Gasteiger partial charge in [0.25, 0.3) is 0 Å². The summed E-state index contributed by atoms with van der Waals surface area (Å²) in [6.07, 6.45) is 6.35. The van der Waals surface area contributed by atoms with Crippen molar-refractivity contribution in [1.82, 2.24) is 15.1 Å². The van der Waals surface area contributed by atoms with E-state index in [9.17, 15) is 5.21 Å². The monoisotopic (exact) mass is 240 g/mol. The Morgan fingerprint density at radius 2 is 1.67 bits per heavy atom. The van der Waals surface area contributed by atoms with E-state index in [1.807, 2.05) is 0 Å². The Bertz CT molecular complexity index is 595. The molecule has 0 aliphatic heterocycles. The molecule has 0 aromatic carbocycles. The molecule has 0 unspecified atom stereocenters. The molecule has 6 nitrogen and oxygen atoms in total. The van der Waals surface area contributed by atoms with Crippen molar-refractivity contribution in [3.63, 3.8) is 0 Å². The summed E-state index contributed by atoms with van der Waals surface area (Å²) in [6.45, 7) is 0. The molecule has 0 radical (unpaired) electrons. The first-order chi connectivity index (χ1) is 8.86. The molecule has 0 saturated carbocycles. The second-order valence-corrected chi connectivity index (χ2v) is 3.59. The first kappa shape index (κ1) is 10.4. The second-order valence-electron chi connectivity index (χ2n) is 3.59. The van der Waals surface area contributed by atoms with Crippen molar-refractivity contribution >= 4 is 0 Å². The van der Waals surface area contributed by atoms with Gasteiger partial charge in [0.05, 0.1) is 11.1 Å². The standard InChI is InChI=1S/C12H8N4O2/c17-16-11(9-3-1-5-13-7-9)15-18-12(16)10-4-2-6-14-8-10/h1-8H. The van der Waals surface area contributed by atoms with Crippen LogP contribution in [-0.2, 0) is 0 Å². The number of rotatable bonds is 2. The smallest absolute Gasteiger partial charge is 0.385 e. The summed E-state index contributed by atoms with van der Waals surface area (Å²) < 4.78 is 5.70. The second kappa shape index (κ2) is 4.25. The van der Waals surface area contributed by atoms with E-state index >= 15 is 0 Å². The van der Waals surface area contributed by atoms with Crippen LogP contribution < -0.4 is 4.73 Å². The van der Waals surface area contributed by atoms with Gasteiger partial charge in [0, 0.05) is 24.8 Å². The first-order valence-corrected chi connectivity index (χ1v) is 5.26. The fraction of sp³-hybridized carbons (Fsp3) is 0. The molecule has 3 aromatic rings. The average Bonchev–Trinajstić information content (AvgIpc) is 2.83. The van der Waals surface area contributed by atoms with Crippen LogP contribution in [0.4, 0.5) is 0 Å². The van der Waals surface area contributed by atoms with Crippen molar-refractivity contribution in [3.8, 4) is 22.8 Å². The van der Waals surface area contributed by atoms with Crippen LogP contribution in [0.15, 0.2) is 53.6 Å². The highest BCUT2D eigenvalue weighted by molar-refractivity contribution is 5.53. The van der Waals surface area contributed by atoms with E-state index in [0.717, 1.165) is 0 Å². The zero-order valence-corrected chi connectivity index (χ0v) is 9.22. The molecule has 0 saturated heterocycles. The van der Waals surface area contributed by atoms with Crippen molar-refractivity contribution in [2.75, 3.05) is 0 Å². The Morgan fingerprint density at radius 3 is 2.28 bits per heavy atom. The highest BCUT2D eigenvalue weighted by atomic mass is 16.5. The van der Waals surface area contributed by atoms with E-state index in [-0.39, 0.29) is 11.7 Å². The molecule has 0 bridgehead atoms. The van der Waals surface area contributed by atoms with Crippen molar-refractivity contribution in [1.29, 1.82) is 0 Å². The third kappa shape index (κ3) is 1.69. The third-order valence-corrected chi connectivity index (χ3v) is 2.42. The molecule has 6 heteroatoms. The topological polar surface area (TPSA) is 78.8 Å². The molecule has 0 aliphatic carbocycles. The molecular formula is C12H8N4O2. The molecule has 88 valence electrons. The van der Waals surface area contributed by atoms with Gasteiger partial charge in [-0.05, 0) is 24.3 Å². The number of pyridine rings is 2. The van der Waals surface area contributed by atoms with Crippen molar-refractivity contribution in [3.05, 3.63) is 54.3 Å². The Hall–Kier alpha value is -2.76. The van der Waals surface area contributed by atoms with Crippen molar-refractivity contribution in [2.24, 2.45) is 0 Å². The van der Waals surface area contributed by atoms with Crippen LogP contribution >= 0.6 is 0 Å². The fourth-order valence-electron chi connectivity index (χ4n) is 1.58. The molecule has 0 amide bonds. The molecule has 0 N–H and O–H groups in total. The Kier molecular flexibility index (Phi) is 2.45. The molecule has 0 atom stereocenters. The minimum Gasteiger partial charge on any atom is -0.708 e. The van der Waals surface area contributed by atoms with Crippen molar-refractivity contribution < 1.29 is 9.25 Å². The molecule has 0 aliphatic rings. The molecular weight excluding hydrogens is 232 g/mol. The number of nitrogens with zero attached hydrogens (tertiary/aromatic N) is 4. The molecule has 0 spiro atoms. The van der Waals surface area contributed by atoms with Gasteiger partial charge >= 0.3 is 11.7 Å². The number of aromatic nitrogens is 4. The van der Waals surface area contributed by atoms with Crippen LogP contribution in [0.3, 0.4) is 0 Å². The maximum absolute atomic E-state index is 12.1. The van der Waals surface area contributed by atoms with E-state index < -0.39 is 0 Å². The van der Waals surface area contributed by atoms with E-state index in [0.29, 0.717) is 15.9 Å². The zero-order chi connectivity index (χ0) is 12.4. The maximum atomic E-state index is 12.1. The van der Waals surface area contributed by atoms with Gasteiger partial charge in [0.2, 0.25) is 0 Å². The highest BCUT2D eigenvalue weighted by Crippen LogP contribution is 2.18. The lowest BCUT2D eigenvalue weighted by molar-refractivity contribution is -0.585. The Labute approximate surface area is 102 Å². The molecule has 0 fully saturated rings. The van der Waals surface area contributed by atoms with Crippen LogP contribution in [0.25, 0.3) is 22.8 Å². The summed E-state index contributed by atoms with van der Waals surface area (Å²) in [7, 11) is 0. The lowest BCUT2D eigenvalue weighted by Crippen LogP contribution is -2.29. The summed E-state index contributed by atoms with van der Waals surface area (Å²) in [5.41, 5.74) is 1.18. The van der Waals surface area contributed by atoms with Crippen LogP contribution in [0.5, 0.6) is 0 Å². The molecule has 3 heterocycles. The summed E-state index contributed by atoms with van der Waals surface area (Å²) in [5, 5.41) is 15.8. The average molecular weight is 240 g/mol. The predicted octanol–water partition coefficient (Wildman–Crippen LogP) is 1.43. The van der Waals surface area contributed by atoms with E-state index in [1.165, 1.54) is 0 Å². The zero-order valence-electron chi connectivity index (χ0n) is 9.22. The Morgan fingerprint density at radius 1 is 1.00 bits per heavy atom. The lowest BCUT2D eigenvalue weighted by Gasteiger charge is -2.00. The van der Waals surface area contributed by atoms with E-state index in [1.54, 1.807) is 49.1 Å². The summed E-state index contributed by atoms with van der Waals surface area (Å²) >= 11 is 0. The van der Waals surface area contributed by atoms with Gasteiger partial charge in [-0.3, -0.25) is 9.97 Å². The van der Waals surface area contributed by atoms with Crippen LogP contribution in [0, 0.1) is 5.21 Å². The van der Waals surface area contributed by atoms with E-state index in [4.69, 9.17) is 4.52 Å². The van der Waals surface area contributed by atoms with Crippen molar-refractivity contribution in [2.45, 2.75) is 0 Å². The van der Waals surface area contributed by atoms with Gasteiger partial charge in [0.1, 0.15) is 0 Å². The molecule has 18 heavy (non-hydrogen) atoms. The number of hydrogen-bond acceptors (Lipinski definition) is 5. The van der Waals surface area contributed by atoms with E-state index in [2.05, 4.69) is 15.1 Å². The van der Waals surface area contributed by atoms with Gasteiger partial charge in [-0.2, -0.15) is 4.73 Å².